The molecule has 6 nitrogen and oxygen atoms in total. The van der Waals surface area contributed by atoms with Crippen molar-refractivity contribution in [3.63, 3.8) is 0 Å². The summed E-state index contributed by atoms with van der Waals surface area (Å²) in [5.41, 5.74) is 2.22. The van der Waals surface area contributed by atoms with Crippen molar-refractivity contribution >= 4 is 11.9 Å². The fourth-order valence-electron chi connectivity index (χ4n) is 2.97. The van der Waals surface area contributed by atoms with Crippen molar-refractivity contribution in [1.82, 2.24) is 15.5 Å². The number of carbonyl (C=O) groups excluding carboxylic acids is 1. The highest BCUT2D eigenvalue weighted by molar-refractivity contribution is 5.80. The van der Waals surface area contributed by atoms with E-state index < -0.39 is 0 Å². The molecule has 0 saturated carbocycles. The lowest BCUT2D eigenvalue weighted by Crippen LogP contribution is -2.45. The number of amides is 1. The van der Waals surface area contributed by atoms with Crippen LogP contribution in [0, 0.1) is 6.92 Å². The third kappa shape index (κ3) is 5.37. The lowest BCUT2D eigenvalue weighted by atomic mass is 10.1. The number of aliphatic imine (C=N–C) groups is 1. The molecule has 2 rings (SSSR count). The first-order valence-electron chi connectivity index (χ1n) is 9.03. The third-order valence-electron chi connectivity index (χ3n) is 4.42. The Morgan fingerprint density at radius 2 is 2.20 bits per heavy atom. The highest BCUT2D eigenvalue weighted by atomic mass is 16.5. The zero-order valence-electron chi connectivity index (χ0n) is 15.8. The molecule has 25 heavy (non-hydrogen) atoms. The van der Waals surface area contributed by atoms with E-state index in [0.717, 1.165) is 48.9 Å². The Hall–Kier alpha value is -2.24. The van der Waals surface area contributed by atoms with Gasteiger partial charge in [0, 0.05) is 32.1 Å². The van der Waals surface area contributed by atoms with Gasteiger partial charge in [0.15, 0.2) is 5.96 Å². The van der Waals surface area contributed by atoms with E-state index in [2.05, 4.69) is 27.8 Å². The fourth-order valence-corrected chi connectivity index (χ4v) is 2.97. The second-order valence-electron chi connectivity index (χ2n) is 6.32. The topological polar surface area (TPSA) is 66.0 Å². The second-order valence-corrected chi connectivity index (χ2v) is 6.32. The summed E-state index contributed by atoms with van der Waals surface area (Å²) >= 11 is 0. The quantitative estimate of drug-likeness (QED) is 0.611. The van der Waals surface area contributed by atoms with Crippen LogP contribution in [0.25, 0.3) is 0 Å². The SMILES string of the molecule is CCNC(=NCc1ccc(C)c(OC)c1)NC1CCN(C(=O)CC)C1. The van der Waals surface area contributed by atoms with Crippen LogP contribution in [0.3, 0.4) is 0 Å². The smallest absolute Gasteiger partial charge is 0.222 e. The van der Waals surface area contributed by atoms with E-state index in [0.29, 0.717) is 13.0 Å². The van der Waals surface area contributed by atoms with E-state index in [1.54, 1.807) is 7.11 Å². The number of carbonyl (C=O) groups is 1. The standard InChI is InChI=1S/C19H30N4O2/c1-5-18(24)23-10-9-16(13-23)22-19(20-6-2)21-12-15-8-7-14(3)17(11-15)25-4/h7-8,11,16H,5-6,9-10,12-13H2,1-4H3,(H2,20,21,22). The van der Waals surface area contributed by atoms with Crippen molar-refractivity contribution in [2.24, 2.45) is 4.99 Å². The summed E-state index contributed by atoms with van der Waals surface area (Å²) in [4.78, 5) is 18.4. The molecule has 1 heterocycles. The molecular formula is C19H30N4O2. The molecule has 0 spiro atoms. The van der Waals surface area contributed by atoms with Gasteiger partial charge in [-0.15, -0.1) is 0 Å². The van der Waals surface area contributed by atoms with Gasteiger partial charge in [-0.05, 0) is 37.5 Å². The van der Waals surface area contributed by atoms with Gasteiger partial charge in [0.2, 0.25) is 5.91 Å². The number of guanidine groups is 1. The van der Waals surface area contributed by atoms with Gasteiger partial charge in [-0.25, -0.2) is 4.99 Å². The van der Waals surface area contributed by atoms with Gasteiger partial charge in [-0.3, -0.25) is 4.79 Å². The van der Waals surface area contributed by atoms with E-state index in [1.807, 2.05) is 31.7 Å². The molecule has 0 aliphatic carbocycles. The Morgan fingerprint density at radius 1 is 1.40 bits per heavy atom. The van der Waals surface area contributed by atoms with Gasteiger partial charge < -0.3 is 20.3 Å². The summed E-state index contributed by atoms with van der Waals surface area (Å²) in [6, 6.07) is 6.40. The van der Waals surface area contributed by atoms with Crippen LogP contribution in [-0.4, -0.2) is 49.6 Å². The predicted octanol–water partition coefficient (Wildman–Crippen LogP) is 2.07. The number of nitrogens with one attached hydrogen (secondary N) is 2. The maximum atomic E-state index is 11.8. The van der Waals surface area contributed by atoms with Crippen LogP contribution < -0.4 is 15.4 Å². The molecule has 138 valence electrons. The van der Waals surface area contributed by atoms with Gasteiger partial charge in [-0.2, -0.15) is 0 Å². The van der Waals surface area contributed by atoms with Gasteiger partial charge in [-0.1, -0.05) is 19.1 Å². The van der Waals surface area contributed by atoms with E-state index in [9.17, 15) is 4.79 Å². The molecule has 1 unspecified atom stereocenters. The summed E-state index contributed by atoms with van der Waals surface area (Å²) in [6.07, 6.45) is 1.52. The number of ether oxygens (including phenoxy) is 1. The van der Waals surface area contributed by atoms with Crippen LogP contribution in [0.5, 0.6) is 5.75 Å². The van der Waals surface area contributed by atoms with Crippen molar-refractivity contribution in [3.8, 4) is 5.75 Å². The van der Waals surface area contributed by atoms with Crippen LogP contribution in [-0.2, 0) is 11.3 Å². The fraction of sp³-hybridized carbons (Fsp3) is 0.579. The summed E-state index contributed by atoms with van der Waals surface area (Å²) in [6.45, 7) is 8.93. The van der Waals surface area contributed by atoms with Crippen molar-refractivity contribution in [2.75, 3.05) is 26.7 Å². The summed E-state index contributed by atoms with van der Waals surface area (Å²) in [5, 5.41) is 6.73. The number of likely N-dealkylation sites (tertiary alicyclic amines) is 1. The van der Waals surface area contributed by atoms with Crippen molar-refractivity contribution < 1.29 is 9.53 Å². The van der Waals surface area contributed by atoms with E-state index in [4.69, 9.17) is 4.74 Å². The zero-order chi connectivity index (χ0) is 18.2. The zero-order valence-corrected chi connectivity index (χ0v) is 15.8. The molecule has 1 fully saturated rings. The monoisotopic (exact) mass is 346 g/mol. The third-order valence-corrected chi connectivity index (χ3v) is 4.42. The van der Waals surface area contributed by atoms with Crippen LogP contribution in [0.2, 0.25) is 0 Å². The van der Waals surface area contributed by atoms with Crippen LogP contribution in [0.1, 0.15) is 37.8 Å². The van der Waals surface area contributed by atoms with Gasteiger partial charge in [0.25, 0.3) is 0 Å². The van der Waals surface area contributed by atoms with Crippen LogP contribution in [0.4, 0.5) is 0 Å². The molecule has 1 atom stereocenters. The molecule has 1 aromatic carbocycles. The number of hydrogen-bond donors (Lipinski definition) is 2. The molecule has 0 aromatic heterocycles. The lowest BCUT2D eigenvalue weighted by Gasteiger charge is -2.18. The van der Waals surface area contributed by atoms with Crippen LogP contribution >= 0.6 is 0 Å². The van der Waals surface area contributed by atoms with Crippen molar-refractivity contribution in [1.29, 1.82) is 0 Å². The highest BCUT2D eigenvalue weighted by Gasteiger charge is 2.25. The minimum absolute atomic E-state index is 0.220. The molecule has 6 heteroatoms. The molecule has 2 N–H and O–H groups in total. The Kier molecular flexibility index (Phi) is 7.10. The first kappa shape index (κ1) is 19.1. The first-order chi connectivity index (χ1) is 12.1. The van der Waals surface area contributed by atoms with Gasteiger partial charge >= 0.3 is 0 Å². The van der Waals surface area contributed by atoms with Crippen molar-refractivity contribution in [2.45, 2.75) is 46.2 Å². The normalized spacial score (nSPS) is 17.5. The maximum absolute atomic E-state index is 11.8. The largest absolute Gasteiger partial charge is 0.496 e. The minimum Gasteiger partial charge on any atom is -0.496 e. The Morgan fingerprint density at radius 3 is 2.88 bits per heavy atom. The Labute approximate surface area is 150 Å². The summed E-state index contributed by atoms with van der Waals surface area (Å²) < 4.78 is 5.38. The highest BCUT2D eigenvalue weighted by Crippen LogP contribution is 2.19. The van der Waals surface area contributed by atoms with Crippen molar-refractivity contribution in [3.05, 3.63) is 29.3 Å². The average Bonchev–Trinajstić information content (AvgIpc) is 3.08. The number of methoxy groups -OCH3 is 1. The summed E-state index contributed by atoms with van der Waals surface area (Å²) in [5.74, 6) is 1.89. The lowest BCUT2D eigenvalue weighted by molar-refractivity contribution is -0.129. The van der Waals surface area contributed by atoms with E-state index in [1.165, 1.54) is 0 Å². The Balaban J connectivity index is 1.98. The summed E-state index contributed by atoms with van der Waals surface area (Å²) in [7, 11) is 1.68. The van der Waals surface area contributed by atoms with Gasteiger partial charge in [0.1, 0.15) is 5.75 Å². The second kappa shape index (κ2) is 9.30. The van der Waals surface area contributed by atoms with E-state index in [-0.39, 0.29) is 11.9 Å². The molecule has 1 saturated heterocycles. The molecule has 1 aromatic rings. The molecule has 1 aliphatic heterocycles. The molecule has 1 amide bonds. The van der Waals surface area contributed by atoms with E-state index >= 15 is 0 Å². The van der Waals surface area contributed by atoms with Gasteiger partial charge in [0.05, 0.1) is 13.7 Å². The maximum Gasteiger partial charge on any atom is 0.222 e. The number of hydrogen-bond acceptors (Lipinski definition) is 3. The Bertz CT molecular complexity index is 615. The van der Waals surface area contributed by atoms with Crippen LogP contribution in [0.15, 0.2) is 23.2 Å². The number of rotatable bonds is 6. The molecule has 0 radical (unpaired) electrons. The number of aryl methyl sites for hydroxylation is 1. The first-order valence-corrected chi connectivity index (χ1v) is 9.03. The molecule has 1 aliphatic rings. The number of nitrogens with zero attached hydrogens (tertiary/aromatic N) is 2. The predicted molar refractivity (Wildman–Crippen MR) is 101 cm³/mol. The minimum atomic E-state index is 0.220. The average molecular weight is 346 g/mol. The molecular weight excluding hydrogens is 316 g/mol. The number of benzene rings is 1. The molecule has 0 bridgehead atoms.